The Kier molecular flexibility index (Phi) is 3.83. The van der Waals surface area contributed by atoms with Crippen LogP contribution in [0, 0.1) is 11.8 Å². The second-order valence-electron chi connectivity index (χ2n) is 5.41. The van der Waals surface area contributed by atoms with Gasteiger partial charge in [0.05, 0.1) is 4.75 Å². The van der Waals surface area contributed by atoms with Crippen LogP contribution in [-0.4, -0.2) is 24.7 Å². The standard InChI is InChI=1S/C12H22O3S/c1-5-16(14,15)12(3,4)10-7-6-9(2)8-11(10)13/h9-10H,5-8H2,1-4H3. The van der Waals surface area contributed by atoms with E-state index in [1.807, 2.05) is 0 Å². The number of rotatable bonds is 3. The third kappa shape index (κ3) is 2.31. The van der Waals surface area contributed by atoms with Gasteiger partial charge in [-0.3, -0.25) is 4.79 Å². The van der Waals surface area contributed by atoms with Gasteiger partial charge in [-0.1, -0.05) is 13.8 Å². The lowest BCUT2D eigenvalue weighted by Crippen LogP contribution is -2.46. The number of ketones is 1. The van der Waals surface area contributed by atoms with Crippen molar-refractivity contribution >= 4 is 15.6 Å². The number of sulfone groups is 1. The Bertz CT molecular complexity index is 368. The van der Waals surface area contributed by atoms with Gasteiger partial charge < -0.3 is 0 Å². The molecule has 0 bridgehead atoms. The Balaban J connectivity index is 2.97. The Labute approximate surface area is 98.5 Å². The third-order valence-electron chi connectivity index (χ3n) is 3.91. The van der Waals surface area contributed by atoms with Gasteiger partial charge in [0.25, 0.3) is 0 Å². The molecule has 0 saturated heterocycles. The molecule has 16 heavy (non-hydrogen) atoms. The van der Waals surface area contributed by atoms with E-state index in [0.29, 0.717) is 18.8 Å². The van der Waals surface area contributed by atoms with Gasteiger partial charge in [-0.25, -0.2) is 8.42 Å². The fourth-order valence-corrected chi connectivity index (χ4v) is 3.95. The van der Waals surface area contributed by atoms with E-state index in [1.165, 1.54) is 0 Å². The van der Waals surface area contributed by atoms with Crippen LogP contribution in [0.5, 0.6) is 0 Å². The minimum Gasteiger partial charge on any atom is -0.299 e. The van der Waals surface area contributed by atoms with Crippen molar-refractivity contribution in [3.8, 4) is 0 Å². The molecule has 94 valence electrons. The van der Waals surface area contributed by atoms with Crippen molar-refractivity contribution < 1.29 is 13.2 Å². The van der Waals surface area contributed by atoms with E-state index < -0.39 is 14.6 Å². The summed E-state index contributed by atoms with van der Waals surface area (Å²) in [6.07, 6.45) is 2.21. The smallest absolute Gasteiger partial charge is 0.155 e. The Hall–Kier alpha value is -0.380. The van der Waals surface area contributed by atoms with Crippen LogP contribution < -0.4 is 0 Å². The SMILES string of the molecule is CCS(=O)(=O)C(C)(C)C1CCC(C)CC1=O. The molecule has 0 N–H and O–H groups in total. The molecule has 1 aliphatic carbocycles. The largest absolute Gasteiger partial charge is 0.299 e. The predicted octanol–water partition coefficient (Wildman–Crippen LogP) is 2.21. The van der Waals surface area contributed by atoms with Gasteiger partial charge in [0.15, 0.2) is 9.84 Å². The van der Waals surface area contributed by atoms with Gasteiger partial charge >= 0.3 is 0 Å². The summed E-state index contributed by atoms with van der Waals surface area (Å²) in [4.78, 5) is 11.9. The van der Waals surface area contributed by atoms with Crippen LogP contribution in [-0.2, 0) is 14.6 Å². The molecule has 2 atom stereocenters. The first-order valence-electron chi connectivity index (χ1n) is 5.97. The maximum atomic E-state index is 12.0. The molecule has 1 rings (SSSR count). The summed E-state index contributed by atoms with van der Waals surface area (Å²) in [6.45, 7) is 7.09. The quantitative estimate of drug-likeness (QED) is 0.767. The second kappa shape index (κ2) is 4.47. The summed E-state index contributed by atoms with van der Waals surface area (Å²) in [5, 5.41) is 0. The minimum atomic E-state index is -3.17. The number of carbonyl (C=O) groups excluding carboxylic acids is 1. The molecule has 0 aromatic rings. The Morgan fingerprint density at radius 2 is 1.88 bits per heavy atom. The first-order chi connectivity index (χ1) is 7.22. The van der Waals surface area contributed by atoms with Crippen molar-refractivity contribution in [3.63, 3.8) is 0 Å². The van der Waals surface area contributed by atoms with Crippen LogP contribution in [0.1, 0.15) is 47.0 Å². The summed E-state index contributed by atoms with van der Waals surface area (Å²) in [5.74, 6) is 0.331. The molecule has 2 unspecified atom stereocenters. The van der Waals surface area contributed by atoms with Crippen molar-refractivity contribution in [1.29, 1.82) is 0 Å². The van der Waals surface area contributed by atoms with Gasteiger partial charge in [-0.05, 0) is 32.6 Å². The molecule has 0 aliphatic heterocycles. The van der Waals surface area contributed by atoms with Gasteiger partial charge in [0.2, 0.25) is 0 Å². The van der Waals surface area contributed by atoms with Crippen LogP contribution >= 0.6 is 0 Å². The molecule has 0 heterocycles. The molecule has 1 saturated carbocycles. The molecule has 1 aliphatic rings. The molecule has 0 aromatic carbocycles. The molecule has 0 radical (unpaired) electrons. The van der Waals surface area contributed by atoms with E-state index in [2.05, 4.69) is 6.92 Å². The highest BCUT2D eigenvalue weighted by Gasteiger charge is 2.45. The number of carbonyl (C=O) groups is 1. The van der Waals surface area contributed by atoms with Crippen molar-refractivity contribution in [1.82, 2.24) is 0 Å². The highest BCUT2D eigenvalue weighted by molar-refractivity contribution is 7.92. The maximum absolute atomic E-state index is 12.0. The van der Waals surface area contributed by atoms with Crippen LogP contribution in [0.4, 0.5) is 0 Å². The molecule has 1 fully saturated rings. The highest BCUT2D eigenvalue weighted by Crippen LogP contribution is 2.37. The zero-order valence-corrected chi connectivity index (χ0v) is 11.4. The molecule has 0 aromatic heterocycles. The van der Waals surface area contributed by atoms with Crippen molar-refractivity contribution in [3.05, 3.63) is 0 Å². The lowest BCUT2D eigenvalue weighted by Gasteiger charge is -2.36. The van der Waals surface area contributed by atoms with Gasteiger partial charge in [-0.2, -0.15) is 0 Å². The minimum absolute atomic E-state index is 0.110. The zero-order valence-electron chi connectivity index (χ0n) is 10.6. The summed E-state index contributed by atoms with van der Waals surface area (Å²) >= 11 is 0. The summed E-state index contributed by atoms with van der Waals surface area (Å²) in [5.41, 5.74) is 0. The summed E-state index contributed by atoms with van der Waals surface area (Å²) in [6, 6.07) is 0. The lowest BCUT2D eigenvalue weighted by atomic mass is 9.76. The zero-order chi connectivity index (χ0) is 12.6. The second-order valence-corrected chi connectivity index (χ2v) is 8.27. The third-order valence-corrected chi connectivity index (χ3v) is 6.55. The maximum Gasteiger partial charge on any atom is 0.155 e. The lowest BCUT2D eigenvalue weighted by molar-refractivity contribution is -0.126. The van der Waals surface area contributed by atoms with E-state index in [4.69, 9.17) is 0 Å². The first kappa shape index (κ1) is 13.7. The monoisotopic (exact) mass is 246 g/mol. The van der Waals surface area contributed by atoms with Crippen molar-refractivity contribution in [2.75, 3.05) is 5.75 Å². The van der Waals surface area contributed by atoms with E-state index in [-0.39, 0.29) is 17.5 Å². The van der Waals surface area contributed by atoms with E-state index >= 15 is 0 Å². The van der Waals surface area contributed by atoms with E-state index in [9.17, 15) is 13.2 Å². The van der Waals surface area contributed by atoms with E-state index in [0.717, 1.165) is 6.42 Å². The van der Waals surface area contributed by atoms with Gasteiger partial charge in [-0.15, -0.1) is 0 Å². The fourth-order valence-electron chi connectivity index (χ4n) is 2.52. The molecule has 4 heteroatoms. The molecule has 3 nitrogen and oxygen atoms in total. The average molecular weight is 246 g/mol. The van der Waals surface area contributed by atoms with Crippen LogP contribution in [0.15, 0.2) is 0 Å². The Morgan fingerprint density at radius 3 is 2.31 bits per heavy atom. The number of hydrogen-bond donors (Lipinski definition) is 0. The average Bonchev–Trinajstić information content (AvgIpc) is 2.16. The van der Waals surface area contributed by atoms with Crippen molar-refractivity contribution in [2.24, 2.45) is 11.8 Å². The Morgan fingerprint density at radius 1 is 1.31 bits per heavy atom. The van der Waals surface area contributed by atoms with Crippen LogP contribution in [0.25, 0.3) is 0 Å². The summed E-state index contributed by atoms with van der Waals surface area (Å²) in [7, 11) is -3.17. The van der Waals surface area contributed by atoms with Gasteiger partial charge in [0, 0.05) is 18.1 Å². The summed E-state index contributed by atoms with van der Waals surface area (Å²) < 4.78 is 23.1. The normalized spacial score (nSPS) is 28.1. The molecule has 0 amide bonds. The molecular formula is C12H22O3S. The van der Waals surface area contributed by atoms with E-state index in [1.54, 1.807) is 20.8 Å². The predicted molar refractivity (Wildman–Crippen MR) is 65.1 cm³/mol. The number of Topliss-reactive ketones (excluding diaryl/α,β-unsaturated/α-hetero) is 1. The van der Waals surface area contributed by atoms with Crippen LogP contribution in [0.2, 0.25) is 0 Å². The number of hydrogen-bond acceptors (Lipinski definition) is 3. The fraction of sp³-hybridized carbons (Fsp3) is 0.917. The topological polar surface area (TPSA) is 51.2 Å². The molecular weight excluding hydrogens is 224 g/mol. The van der Waals surface area contributed by atoms with Gasteiger partial charge in [0.1, 0.15) is 5.78 Å². The van der Waals surface area contributed by atoms with Crippen molar-refractivity contribution in [2.45, 2.75) is 51.7 Å². The first-order valence-corrected chi connectivity index (χ1v) is 7.62. The molecule has 0 spiro atoms. The van der Waals surface area contributed by atoms with Crippen LogP contribution in [0.3, 0.4) is 0 Å². The highest BCUT2D eigenvalue weighted by atomic mass is 32.2.